The molecule has 1 saturated heterocycles. The third kappa shape index (κ3) is 4.25. The van der Waals surface area contributed by atoms with Crippen LogP contribution >= 0.6 is 0 Å². The summed E-state index contributed by atoms with van der Waals surface area (Å²) in [5.74, 6) is 0.403. The van der Waals surface area contributed by atoms with Gasteiger partial charge in [-0.1, -0.05) is 0 Å². The molecule has 150 valence electrons. The molecule has 7 heteroatoms. The Balaban J connectivity index is 1.38. The normalized spacial score (nSPS) is 21.9. The molecule has 0 aliphatic carbocycles. The Morgan fingerprint density at radius 2 is 1.89 bits per heavy atom. The maximum Gasteiger partial charge on any atom is 0.257 e. The Labute approximate surface area is 164 Å². The zero-order valence-corrected chi connectivity index (χ0v) is 16.6. The maximum atomic E-state index is 14.4. The van der Waals surface area contributed by atoms with Gasteiger partial charge in [-0.25, -0.2) is 9.37 Å². The molecule has 2 aliphatic heterocycles. The number of ether oxygens (including phenoxy) is 3. The second kappa shape index (κ2) is 8.01. The smallest absolute Gasteiger partial charge is 0.257 e. The number of rotatable bonds is 5. The highest BCUT2D eigenvalue weighted by Gasteiger charge is 2.31. The highest BCUT2D eigenvalue weighted by Crippen LogP contribution is 2.31. The summed E-state index contributed by atoms with van der Waals surface area (Å²) in [5.41, 5.74) is 3.52. The van der Waals surface area contributed by atoms with E-state index in [-0.39, 0.29) is 11.9 Å². The van der Waals surface area contributed by atoms with Crippen molar-refractivity contribution in [2.45, 2.75) is 52.5 Å². The number of aromatic nitrogens is 2. The predicted molar refractivity (Wildman–Crippen MR) is 102 cm³/mol. The third-order valence-corrected chi connectivity index (χ3v) is 5.21. The SMILES string of the molecule is Cc1cc(CO[C@@H]2C[C@H](C)N(Cc3nc4c(cc3F)OCCO4)C2)cc(C)n1. The number of hydrogen-bond acceptors (Lipinski definition) is 6. The number of likely N-dealkylation sites (tertiary alicyclic amines) is 1. The zero-order valence-electron chi connectivity index (χ0n) is 16.6. The van der Waals surface area contributed by atoms with Gasteiger partial charge < -0.3 is 14.2 Å². The molecule has 0 unspecified atom stereocenters. The van der Waals surface area contributed by atoms with Crippen LogP contribution in [-0.2, 0) is 17.9 Å². The van der Waals surface area contributed by atoms with Gasteiger partial charge in [0.25, 0.3) is 5.88 Å². The minimum atomic E-state index is -0.358. The van der Waals surface area contributed by atoms with Gasteiger partial charge in [-0.05, 0) is 44.9 Å². The topological polar surface area (TPSA) is 56.7 Å². The number of pyridine rings is 2. The molecule has 28 heavy (non-hydrogen) atoms. The van der Waals surface area contributed by atoms with E-state index in [1.807, 2.05) is 13.8 Å². The molecular weight excluding hydrogens is 361 g/mol. The molecule has 2 aromatic rings. The minimum absolute atomic E-state index is 0.115. The lowest BCUT2D eigenvalue weighted by Crippen LogP contribution is -2.29. The molecule has 2 atom stereocenters. The first-order valence-electron chi connectivity index (χ1n) is 9.73. The van der Waals surface area contributed by atoms with Crippen LogP contribution in [0.1, 0.15) is 36.0 Å². The van der Waals surface area contributed by atoms with Crippen LogP contribution in [0.2, 0.25) is 0 Å². The summed E-state index contributed by atoms with van der Waals surface area (Å²) < 4.78 is 31.4. The average molecular weight is 387 g/mol. The van der Waals surface area contributed by atoms with Crippen molar-refractivity contribution in [2.75, 3.05) is 19.8 Å². The molecule has 6 nitrogen and oxygen atoms in total. The van der Waals surface area contributed by atoms with Crippen LogP contribution in [0.4, 0.5) is 4.39 Å². The van der Waals surface area contributed by atoms with E-state index in [0.29, 0.717) is 49.7 Å². The summed E-state index contributed by atoms with van der Waals surface area (Å²) in [6, 6.07) is 5.77. The average Bonchev–Trinajstić information content (AvgIpc) is 2.99. The molecule has 0 N–H and O–H groups in total. The molecule has 0 aromatic carbocycles. The summed E-state index contributed by atoms with van der Waals surface area (Å²) in [7, 11) is 0. The highest BCUT2D eigenvalue weighted by molar-refractivity contribution is 5.36. The van der Waals surface area contributed by atoms with E-state index in [1.165, 1.54) is 6.07 Å². The van der Waals surface area contributed by atoms with Crippen LogP contribution in [0, 0.1) is 19.7 Å². The standard InChI is InChI=1S/C21H26FN3O3/c1-13-6-16(7-14(2)23-13)12-28-17-8-15(3)25(10-17)11-19-18(22)9-20-21(24-19)27-5-4-26-20/h6-7,9,15,17H,4-5,8,10-12H2,1-3H3/t15-,17+/m0/s1. The van der Waals surface area contributed by atoms with E-state index in [4.69, 9.17) is 14.2 Å². The lowest BCUT2D eigenvalue weighted by atomic mass is 10.2. The van der Waals surface area contributed by atoms with Crippen LogP contribution < -0.4 is 9.47 Å². The first-order chi connectivity index (χ1) is 13.5. The minimum Gasteiger partial charge on any atom is -0.484 e. The van der Waals surface area contributed by atoms with Crippen LogP contribution in [0.25, 0.3) is 0 Å². The lowest BCUT2D eigenvalue weighted by Gasteiger charge is -2.22. The Morgan fingerprint density at radius 1 is 1.14 bits per heavy atom. The van der Waals surface area contributed by atoms with Gasteiger partial charge in [0.1, 0.15) is 19.0 Å². The van der Waals surface area contributed by atoms with E-state index < -0.39 is 0 Å². The summed E-state index contributed by atoms with van der Waals surface area (Å²) in [6.07, 6.45) is 1.03. The lowest BCUT2D eigenvalue weighted by molar-refractivity contribution is 0.0458. The van der Waals surface area contributed by atoms with Crippen LogP contribution in [0.5, 0.6) is 11.6 Å². The maximum absolute atomic E-state index is 14.4. The number of fused-ring (bicyclic) bond motifs is 1. The first kappa shape index (κ1) is 19.1. The van der Waals surface area contributed by atoms with Crippen LogP contribution in [-0.4, -0.2) is 46.8 Å². The Morgan fingerprint density at radius 3 is 2.68 bits per heavy atom. The zero-order chi connectivity index (χ0) is 19.7. The Hall–Kier alpha value is -2.25. The van der Waals surface area contributed by atoms with Crippen molar-refractivity contribution >= 4 is 0 Å². The molecule has 2 aliphatic rings. The fourth-order valence-electron chi connectivity index (χ4n) is 3.90. The molecular formula is C21H26FN3O3. The van der Waals surface area contributed by atoms with Gasteiger partial charge >= 0.3 is 0 Å². The second-order valence-corrected chi connectivity index (χ2v) is 7.62. The van der Waals surface area contributed by atoms with Gasteiger partial charge in [0, 0.05) is 36.6 Å². The molecule has 0 radical (unpaired) electrons. The number of nitrogens with zero attached hydrogens (tertiary/aromatic N) is 3. The highest BCUT2D eigenvalue weighted by atomic mass is 19.1. The van der Waals surface area contributed by atoms with Crippen molar-refractivity contribution in [1.29, 1.82) is 0 Å². The van der Waals surface area contributed by atoms with Crippen molar-refractivity contribution in [3.05, 3.63) is 46.7 Å². The second-order valence-electron chi connectivity index (χ2n) is 7.62. The van der Waals surface area contributed by atoms with E-state index in [9.17, 15) is 4.39 Å². The molecule has 0 saturated carbocycles. The van der Waals surface area contributed by atoms with Crippen molar-refractivity contribution in [2.24, 2.45) is 0 Å². The summed E-state index contributed by atoms with van der Waals surface area (Å²) >= 11 is 0. The molecule has 1 fully saturated rings. The predicted octanol–water partition coefficient (Wildman–Crippen LogP) is 3.18. The monoisotopic (exact) mass is 387 g/mol. The number of hydrogen-bond donors (Lipinski definition) is 0. The van der Waals surface area contributed by atoms with Crippen LogP contribution in [0.3, 0.4) is 0 Å². The van der Waals surface area contributed by atoms with Crippen molar-refractivity contribution in [3.8, 4) is 11.6 Å². The van der Waals surface area contributed by atoms with Gasteiger partial charge in [-0.3, -0.25) is 9.88 Å². The molecule has 0 spiro atoms. The molecule has 4 heterocycles. The van der Waals surface area contributed by atoms with Gasteiger partial charge in [0.2, 0.25) is 0 Å². The quantitative estimate of drug-likeness (QED) is 0.785. The van der Waals surface area contributed by atoms with E-state index in [2.05, 4.69) is 33.9 Å². The van der Waals surface area contributed by atoms with Crippen molar-refractivity contribution in [3.63, 3.8) is 0 Å². The largest absolute Gasteiger partial charge is 0.484 e. The van der Waals surface area contributed by atoms with E-state index >= 15 is 0 Å². The summed E-state index contributed by atoms with van der Waals surface area (Å²) in [5, 5.41) is 0. The summed E-state index contributed by atoms with van der Waals surface area (Å²) in [4.78, 5) is 10.9. The first-order valence-corrected chi connectivity index (χ1v) is 9.73. The van der Waals surface area contributed by atoms with Crippen molar-refractivity contribution < 1.29 is 18.6 Å². The Bertz CT molecular complexity index is 841. The van der Waals surface area contributed by atoms with Crippen LogP contribution in [0.15, 0.2) is 18.2 Å². The van der Waals surface area contributed by atoms with E-state index in [1.54, 1.807) is 0 Å². The van der Waals surface area contributed by atoms with Gasteiger partial charge in [-0.15, -0.1) is 0 Å². The fraction of sp³-hybridized carbons (Fsp3) is 0.524. The summed E-state index contributed by atoms with van der Waals surface area (Å²) in [6.45, 7) is 8.72. The third-order valence-electron chi connectivity index (χ3n) is 5.21. The van der Waals surface area contributed by atoms with E-state index in [0.717, 1.165) is 29.9 Å². The van der Waals surface area contributed by atoms with Crippen molar-refractivity contribution in [1.82, 2.24) is 14.9 Å². The number of aryl methyl sites for hydroxylation is 2. The number of halogens is 1. The molecule has 2 aromatic heterocycles. The van der Waals surface area contributed by atoms with Gasteiger partial charge in [0.15, 0.2) is 5.75 Å². The van der Waals surface area contributed by atoms with Gasteiger partial charge in [-0.2, -0.15) is 0 Å². The van der Waals surface area contributed by atoms with Gasteiger partial charge in [0.05, 0.1) is 18.4 Å². The molecule has 0 bridgehead atoms. The fourth-order valence-corrected chi connectivity index (χ4v) is 3.90. The Kier molecular flexibility index (Phi) is 5.46. The molecule has 0 amide bonds. The molecule has 4 rings (SSSR count).